The SMILES string of the molecule is COc1cc(F)c(F)cc1CC1CCCCN1. The first kappa shape index (κ1) is 12.3. The third kappa shape index (κ3) is 2.94. The van der Waals surface area contributed by atoms with Crippen molar-refractivity contribution in [3.8, 4) is 5.75 Å². The van der Waals surface area contributed by atoms with Crippen LogP contribution in [0.15, 0.2) is 12.1 Å². The minimum atomic E-state index is -0.859. The highest BCUT2D eigenvalue weighted by Crippen LogP contribution is 2.25. The van der Waals surface area contributed by atoms with E-state index in [2.05, 4.69) is 5.32 Å². The molecule has 0 radical (unpaired) electrons. The van der Waals surface area contributed by atoms with Gasteiger partial charge in [0.2, 0.25) is 0 Å². The van der Waals surface area contributed by atoms with Gasteiger partial charge < -0.3 is 10.1 Å². The molecule has 1 N–H and O–H groups in total. The summed E-state index contributed by atoms with van der Waals surface area (Å²) < 4.78 is 31.3. The maximum absolute atomic E-state index is 13.2. The summed E-state index contributed by atoms with van der Waals surface area (Å²) in [5.74, 6) is -1.24. The maximum atomic E-state index is 13.2. The fourth-order valence-electron chi connectivity index (χ4n) is 2.28. The molecule has 0 aromatic heterocycles. The number of methoxy groups -OCH3 is 1. The summed E-state index contributed by atoms with van der Waals surface area (Å²) in [6.07, 6.45) is 4.12. The van der Waals surface area contributed by atoms with Crippen LogP contribution in [0.1, 0.15) is 24.8 Å². The van der Waals surface area contributed by atoms with Gasteiger partial charge in [-0.3, -0.25) is 0 Å². The largest absolute Gasteiger partial charge is 0.496 e. The Morgan fingerprint density at radius 2 is 2.06 bits per heavy atom. The summed E-state index contributed by atoms with van der Waals surface area (Å²) in [7, 11) is 1.48. The van der Waals surface area contributed by atoms with E-state index in [0.29, 0.717) is 18.2 Å². The van der Waals surface area contributed by atoms with Crippen molar-refractivity contribution in [2.75, 3.05) is 13.7 Å². The lowest BCUT2D eigenvalue weighted by atomic mass is 9.97. The van der Waals surface area contributed by atoms with E-state index in [-0.39, 0.29) is 0 Å². The molecule has 1 unspecified atom stereocenters. The Hall–Kier alpha value is -1.16. The number of benzene rings is 1. The molecule has 0 aliphatic carbocycles. The Bertz CT molecular complexity index is 389. The van der Waals surface area contributed by atoms with Crippen molar-refractivity contribution in [1.29, 1.82) is 0 Å². The van der Waals surface area contributed by atoms with E-state index in [1.807, 2.05) is 0 Å². The molecule has 17 heavy (non-hydrogen) atoms. The molecule has 1 fully saturated rings. The molecule has 2 rings (SSSR count). The zero-order valence-corrected chi connectivity index (χ0v) is 9.93. The molecule has 1 aromatic carbocycles. The van der Waals surface area contributed by atoms with Crippen molar-refractivity contribution in [2.24, 2.45) is 0 Å². The maximum Gasteiger partial charge on any atom is 0.162 e. The van der Waals surface area contributed by atoms with Crippen molar-refractivity contribution < 1.29 is 13.5 Å². The topological polar surface area (TPSA) is 21.3 Å². The molecule has 1 aromatic rings. The van der Waals surface area contributed by atoms with Gasteiger partial charge in [-0.15, -0.1) is 0 Å². The predicted octanol–water partition coefficient (Wildman–Crippen LogP) is 2.66. The summed E-state index contributed by atoms with van der Waals surface area (Å²) in [5, 5.41) is 3.38. The van der Waals surface area contributed by atoms with E-state index in [4.69, 9.17) is 4.74 Å². The molecule has 4 heteroatoms. The van der Waals surface area contributed by atoms with Crippen LogP contribution >= 0.6 is 0 Å². The Kier molecular flexibility index (Phi) is 3.94. The van der Waals surface area contributed by atoms with Crippen LogP contribution in [0.2, 0.25) is 0 Å². The first-order valence-corrected chi connectivity index (χ1v) is 5.96. The smallest absolute Gasteiger partial charge is 0.162 e. The fraction of sp³-hybridized carbons (Fsp3) is 0.538. The van der Waals surface area contributed by atoms with Gasteiger partial charge in [0.1, 0.15) is 5.75 Å². The molecule has 0 spiro atoms. The second kappa shape index (κ2) is 5.45. The van der Waals surface area contributed by atoms with Crippen molar-refractivity contribution in [2.45, 2.75) is 31.7 Å². The number of nitrogens with one attached hydrogen (secondary N) is 1. The first-order valence-electron chi connectivity index (χ1n) is 5.96. The molecule has 1 heterocycles. The third-order valence-corrected chi connectivity index (χ3v) is 3.20. The van der Waals surface area contributed by atoms with Crippen LogP contribution in [-0.2, 0) is 6.42 Å². The Morgan fingerprint density at radius 1 is 1.29 bits per heavy atom. The van der Waals surface area contributed by atoms with E-state index in [0.717, 1.165) is 24.6 Å². The van der Waals surface area contributed by atoms with Crippen LogP contribution in [0.25, 0.3) is 0 Å². The molecule has 0 saturated carbocycles. The normalized spacial score (nSPS) is 20.3. The number of ether oxygens (including phenoxy) is 1. The second-order valence-corrected chi connectivity index (χ2v) is 4.43. The van der Waals surface area contributed by atoms with Gasteiger partial charge in [-0.05, 0) is 37.4 Å². The molecule has 0 bridgehead atoms. The zero-order valence-electron chi connectivity index (χ0n) is 9.93. The second-order valence-electron chi connectivity index (χ2n) is 4.43. The fourth-order valence-corrected chi connectivity index (χ4v) is 2.28. The monoisotopic (exact) mass is 241 g/mol. The molecule has 1 aliphatic rings. The van der Waals surface area contributed by atoms with Crippen molar-refractivity contribution >= 4 is 0 Å². The average molecular weight is 241 g/mol. The molecular formula is C13H17F2NO. The van der Waals surface area contributed by atoms with E-state index in [9.17, 15) is 8.78 Å². The van der Waals surface area contributed by atoms with Crippen LogP contribution in [0.5, 0.6) is 5.75 Å². The number of rotatable bonds is 3. The minimum Gasteiger partial charge on any atom is -0.496 e. The van der Waals surface area contributed by atoms with Crippen LogP contribution in [0.4, 0.5) is 8.78 Å². The quantitative estimate of drug-likeness (QED) is 0.878. The molecule has 2 nitrogen and oxygen atoms in total. The Morgan fingerprint density at radius 3 is 2.71 bits per heavy atom. The van der Waals surface area contributed by atoms with Gasteiger partial charge in [0, 0.05) is 12.1 Å². The number of hydrogen-bond acceptors (Lipinski definition) is 2. The molecule has 1 aliphatic heterocycles. The van der Waals surface area contributed by atoms with Gasteiger partial charge in [0.05, 0.1) is 7.11 Å². The zero-order chi connectivity index (χ0) is 12.3. The standard InChI is InChI=1S/C13H17F2NO/c1-17-13-8-12(15)11(14)7-9(13)6-10-4-2-3-5-16-10/h7-8,10,16H,2-6H2,1H3. The average Bonchev–Trinajstić information content (AvgIpc) is 2.35. The summed E-state index contributed by atoms with van der Waals surface area (Å²) in [4.78, 5) is 0. The summed E-state index contributed by atoms with van der Waals surface area (Å²) in [6, 6.07) is 2.69. The van der Waals surface area contributed by atoms with E-state index < -0.39 is 11.6 Å². The van der Waals surface area contributed by atoms with Crippen LogP contribution in [-0.4, -0.2) is 19.7 Å². The molecule has 1 saturated heterocycles. The highest BCUT2D eigenvalue weighted by molar-refractivity contribution is 5.35. The van der Waals surface area contributed by atoms with Gasteiger partial charge in [-0.2, -0.15) is 0 Å². The van der Waals surface area contributed by atoms with Crippen LogP contribution in [0, 0.1) is 11.6 Å². The van der Waals surface area contributed by atoms with Gasteiger partial charge in [0.15, 0.2) is 11.6 Å². The minimum absolute atomic E-state index is 0.336. The lowest BCUT2D eigenvalue weighted by Crippen LogP contribution is -2.35. The number of hydrogen-bond donors (Lipinski definition) is 1. The van der Waals surface area contributed by atoms with Crippen molar-refractivity contribution in [3.63, 3.8) is 0 Å². The Balaban J connectivity index is 2.15. The lowest BCUT2D eigenvalue weighted by molar-refractivity contribution is 0.376. The number of halogens is 2. The Labute approximate surface area is 100.0 Å². The molecular weight excluding hydrogens is 224 g/mol. The lowest BCUT2D eigenvalue weighted by Gasteiger charge is -2.24. The van der Waals surface area contributed by atoms with Gasteiger partial charge in [-0.25, -0.2) is 8.78 Å². The first-order chi connectivity index (χ1) is 8.20. The van der Waals surface area contributed by atoms with E-state index in [1.54, 1.807) is 0 Å². The van der Waals surface area contributed by atoms with E-state index >= 15 is 0 Å². The van der Waals surface area contributed by atoms with Crippen LogP contribution in [0.3, 0.4) is 0 Å². The van der Waals surface area contributed by atoms with Gasteiger partial charge in [0.25, 0.3) is 0 Å². The molecule has 1 atom stereocenters. The predicted molar refractivity (Wildman–Crippen MR) is 62.3 cm³/mol. The van der Waals surface area contributed by atoms with Crippen LogP contribution < -0.4 is 10.1 Å². The van der Waals surface area contributed by atoms with Crippen molar-refractivity contribution in [3.05, 3.63) is 29.3 Å². The molecule has 94 valence electrons. The summed E-state index contributed by atoms with van der Waals surface area (Å²) in [5.41, 5.74) is 0.728. The van der Waals surface area contributed by atoms with Gasteiger partial charge in [-0.1, -0.05) is 6.42 Å². The van der Waals surface area contributed by atoms with Crippen molar-refractivity contribution in [1.82, 2.24) is 5.32 Å². The highest BCUT2D eigenvalue weighted by atomic mass is 19.2. The summed E-state index contributed by atoms with van der Waals surface area (Å²) in [6.45, 7) is 0.997. The summed E-state index contributed by atoms with van der Waals surface area (Å²) >= 11 is 0. The third-order valence-electron chi connectivity index (χ3n) is 3.20. The molecule has 0 amide bonds. The number of piperidine rings is 1. The highest BCUT2D eigenvalue weighted by Gasteiger charge is 2.17. The van der Waals surface area contributed by atoms with E-state index in [1.165, 1.54) is 26.0 Å². The van der Waals surface area contributed by atoms with Gasteiger partial charge >= 0.3 is 0 Å².